The van der Waals surface area contributed by atoms with E-state index in [0.717, 1.165) is 26.0 Å². The smallest absolute Gasteiger partial charge is 0.311 e. The lowest BCUT2D eigenvalue weighted by molar-refractivity contribution is -0.145. The van der Waals surface area contributed by atoms with Gasteiger partial charge in [0.1, 0.15) is 5.01 Å². The van der Waals surface area contributed by atoms with Crippen molar-refractivity contribution in [1.29, 1.82) is 0 Å². The topological polar surface area (TPSA) is 56.3 Å². The second-order valence-electron chi connectivity index (χ2n) is 6.67. The van der Waals surface area contributed by atoms with Crippen LogP contribution in [0, 0.1) is 0 Å². The number of esters is 1. The highest BCUT2D eigenvalue weighted by atomic mass is 32.1. The Morgan fingerprint density at radius 2 is 1.67 bits per heavy atom. The van der Waals surface area contributed by atoms with Crippen LogP contribution in [0.25, 0.3) is 21.1 Å². The number of benzene rings is 2. The van der Waals surface area contributed by atoms with Gasteiger partial charge in [0, 0.05) is 16.0 Å². The fourth-order valence-electron chi connectivity index (χ4n) is 3.04. The molecule has 1 unspecified atom stereocenters. The van der Waals surface area contributed by atoms with Crippen molar-refractivity contribution in [2.24, 2.45) is 0 Å². The van der Waals surface area contributed by atoms with Gasteiger partial charge >= 0.3 is 5.97 Å². The molecule has 6 heteroatoms. The first kappa shape index (κ1) is 20.2. The van der Waals surface area contributed by atoms with Crippen molar-refractivity contribution >= 4 is 34.4 Å². The summed E-state index contributed by atoms with van der Waals surface area (Å²) in [6.07, 6.45) is -0.768. The number of aromatic nitrogens is 1. The number of rotatable bonds is 7. The lowest BCUT2D eigenvalue weighted by atomic mass is 10.1. The minimum Gasteiger partial charge on any atom is -0.454 e. The van der Waals surface area contributed by atoms with Crippen LogP contribution >= 0.6 is 22.7 Å². The summed E-state index contributed by atoms with van der Waals surface area (Å²) in [5.74, 6) is -0.649. The maximum absolute atomic E-state index is 12.6. The molecule has 0 radical (unpaired) electrons. The van der Waals surface area contributed by atoms with Gasteiger partial charge in [-0.3, -0.25) is 9.59 Å². The molecule has 4 rings (SSSR count). The number of carbonyl (C=O) groups excluding carboxylic acids is 2. The van der Waals surface area contributed by atoms with E-state index in [2.05, 4.69) is 0 Å². The van der Waals surface area contributed by atoms with Gasteiger partial charge < -0.3 is 4.74 Å². The SMILES string of the molecule is CC(OC(=O)Cc1sc(-c2ccccc2)nc1-c1cccs1)C(=O)c1ccccc1. The van der Waals surface area contributed by atoms with Crippen molar-refractivity contribution in [3.05, 3.63) is 88.6 Å². The lowest BCUT2D eigenvalue weighted by Crippen LogP contribution is -2.25. The summed E-state index contributed by atoms with van der Waals surface area (Å²) in [4.78, 5) is 31.8. The highest BCUT2D eigenvalue weighted by Gasteiger charge is 2.22. The van der Waals surface area contributed by atoms with Crippen molar-refractivity contribution in [3.63, 3.8) is 0 Å². The molecule has 0 aliphatic carbocycles. The Balaban J connectivity index is 1.54. The van der Waals surface area contributed by atoms with Gasteiger partial charge in [0.05, 0.1) is 17.0 Å². The first-order chi connectivity index (χ1) is 14.6. The quantitative estimate of drug-likeness (QED) is 0.269. The van der Waals surface area contributed by atoms with E-state index in [4.69, 9.17) is 9.72 Å². The van der Waals surface area contributed by atoms with Crippen LogP contribution < -0.4 is 0 Å². The molecule has 0 spiro atoms. The van der Waals surface area contributed by atoms with Gasteiger partial charge in [0.2, 0.25) is 5.78 Å². The molecule has 0 fully saturated rings. The molecule has 0 saturated carbocycles. The monoisotopic (exact) mass is 433 g/mol. The van der Waals surface area contributed by atoms with Gasteiger partial charge in [0.15, 0.2) is 6.10 Å². The zero-order chi connectivity index (χ0) is 20.9. The fraction of sp³-hybridized carbons (Fsp3) is 0.125. The molecule has 1 atom stereocenters. The molecule has 4 aromatic rings. The second kappa shape index (κ2) is 9.15. The van der Waals surface area contributed by atoms with E-state index >= 15 is 0 Å². The van der Waals surface area contributed by atoms with E-state index < -0.39 is 12.1 Å². The van der Waals surface area contributed by atoms with Crippen molar-refractivity contribution in [1.82, 2.24) is 4.98 Å². The van der Waals surface area contributed by atoms with E-state index in [9.17, 15) is 9.59 Å². The standard InChI is InChI=1S/C24H19NO3S2/c1-16(23(27)17-9-4-2-5-10-17)28-21(26)15-20-22(19-13-8-14-29-19)25-24(30-20)18-11-6-3-7-12-18/h2-14,16H,15H2,1H3. The molecule has 150 valence electrons. The number of ketones is 1. The molecular formula is C24H19NO3S2. The average molecular weight is 434 g/mol. The highest BCUT2D eigenvalue weighted by Crippen LogP contribution is 2.36. The Hall–Kier alpha value is -3.09. The van der Waals surface area contributed by atoms with Gasteiger partial charge in [-0.25, -0.2) is 4.98 Å². The minimum atomic E-state index is -0.841. The number of nitrogens with zero attached hydrogens (tertiary/aromatic N) is 1. The number of hydrogen-bond acceptors (Lipinski definition) is 6. The van der Waals surface area contributed by atoms with E-state index in [-0.39, 0.29) is 12.2 Å². The summed E-state index contributed by atoms with van der Waals surface area (Å²) in [5.41, 5.74) is 2.33. The molecule has 2 aromatic heterocycles. The molecule has 2 aromatic carbocycles. The molecular weight excluding hydrogens is 414 g/mol. The molecule has 0 bridgehead atoms. The summed E-state index contributed by atoms with van der Waals surface area (Å²) < 4.78 is 5.45. The van der Waals surface area contributed by atoms with Crippen molar-refractivity contribution in [3.8, 4) is 21.1 Å². The van der Waals surface area contributed by atoms with Crippen LogP contribution in [0.2, 0.25) is 0 Å². The van der Waals surface area contributed by atoms with E-state index in [1.165, 1.54) is 11.3 Å². The summed E-state index contributed by atoms with van der Waals surface area (Å²) >= 11 is 3.06. The molecule has 2 heterocycles. The van der Waals surface area contributed by atoms with Crippen molar-refractivity contribution in [2.75, 3.05) is 0 Å². The molecule has 0 saturated heterocycles. The Morgan fingerprint density at radius 1 is 0.967 bits per heavy atom. The van der Waals surface area contributed by atoms with Gasteiger partial charge in [0.25, 0.3) is 0 Å². The fourth-order valence-corrected chi connectivity index (χ4v) is 4.91. The van der Waals surface area contributed by atoms with Crippen LogP contribution in [0.15, 0.2) is 78.2 Å². The molecule has 0 N–H and O–H groups in total. The Kier molecular flexibility index (Phi) is 6.16. The Bertz CT molecular complexity index is 1140. The van der Waals surface area contributed by atoms with Crippen LogP contribution in [0.4, 0.5) is 0 Å². The van der Waals surface area contributed by atoms with Crippen molar-refractivity contribution < 1.29 is 14.3 Å². The van der Waals surface area contributed by atoms with Gasteiger partial charge in [-0.05, 0) is 18.4 Å². The maximum atomic E-state index is 12.6. The van der Waals surface area contributed by atoms with Crippen molar-refractivity contribution in [2.45, 2.75) is 19.4 Å². The Morgan fingerprint density at radius 3 is 2.33 bits per heavy atom. The number of hydrogen-bond donors (Lipinski definition) is 0. The van der Waals surface area contributed by atoms with E-state index in [1.807, 2.05) is 53.9 Å². The molecule has 30 heavy (non-hydrogen) atoms. The number of carbonyl (C=O) groups is 2. The summed E-state index contributed by atoms with van der Waals surface area (Å²) in [6, 6.07) is 22.7. The third-order valence-corrected chi connectivity index (χ3v) is 6.49. The number of thiophene rings is 1. The van der Waals surface area contributed by atoms with Crippen LogP contribution in [-0.2, 0) is 16.0 Å². The van der Waals surface area contributed by atoms with E-state index in [0.29, 0.717) is 5.56 Å². The summed E-state index contributed by atoms with van der Waals surface area (Å²) in [7, 11) is 0. The number of ether oxygens (including phenoxy) is 1. The third-order valence-electron chi connectivity index (χ3n) is 4.51. The second-order valence-corrected chi connectivity index (χ2v) is 8.70. The van der Waals surface area contributed by atoms with Crippen LogP contribution in [0.1, 0.15) is 22.2 Å². The first-order valence-electron chi connectivity index (χ1n) is 9.49. The summed E-state index contributed by atoms with van der Waals surface area (Å²) in [5, 5.41) is 2.84. The minimum absolute atomic E-state index is 0.0736. The zero-order valence-corrected chi connectivity index (χ0v) is 17.9. The summed E-state index contributed by atoms with van der Waals surface area (Å²) in [6.45, 7) is 1.61. The predicted octanol–water partition coefficient (Wildman–Crippen LogP) is 5.90. The highest BCUT2D eigenvalue weighted by molar-refractivity contribution is 7.17. The normalized spacial score (nSPS) is 11.8. The Labute approximate surface area is 182 Å². The lowest BCUT2D eigenvalue weighted by Gasteiger charge is -2.12. The zero-order valence-electron chi connectivity index (χ0n) is 16.3. The maximum Gasteiger partial charge on any atom is 0.311 e. The number of Topliss-reactive ketones (excluding diaryl/α,β-unsaturated/α-hetero) is 1. The largest absolute Gasteiger partial charge is 0.454 e. The molecule has 4 nitrogen and oxygen atoms in total. The average Bonchev–Trinajstić information content (AvgIpc) is 3.44. The molecule has 0 aliphatic heterocycles. The van der Waals surface area contributed by atoms with Crippen LogP contribution in [0.5, 0.6) is 0 Å². The first-order valence-corrected chi connectivity index (χ1v) is 11.2. The van der Waals surface area contributed by atoms with E-state index in [1.54, 1.807) is 42.5 Å². The van der Waals surface area contributed by atoms with Gasteiger partial charge in [-0.1, -0.05) is 66.7 Å². The third kappa shape index (κ3) is 4.56. The van der Waals surface area contributed by atoms with Gasteiger partial charge in [-0.15, -0.1) is 22.7 Å². The van der Waals surface area contributed by atoms with Crippen LogP contribution in [-0.4, -0.2) is 22.8 Å². The molecule has 0 aliphatic rings. The molecule has 0 amide bonds. The van der Waals surface area contributed by atoms with Crippen LogP contribution in [0.3, 0.4) is 0 Å². The predicted molar refractivity (Wildman–Crippen MR) is 121 cm³/mol. The number of thiazole rings is 1. The van der Waals surface area contributed by atoms with Gasteiger partial charge in [-0.2, -0.15) is 0 Å².